The second kappa shape index (κ2) is 6.13. The summed E-state index contributed by atoms with van der Waals surface area (Å²) < 4.78 is 13.3. The molecule has 0 heterocycles. The van der Waals surface area contributed by atoms with Crippen LogP contribution in [0.4, 0.5) is 10.1 Å². The Kier molecular flexibility index (Phi) is 4.49. The first-order valence-electron chi connectivity index (χ1n) is 5.92. The Hall–Kier alpha value is -1.76. The molecule has 0 amide bonds. The fourth-order valence-electron chi connectivity index (χ4n) is 1.88. The van der Waals surface area contributed by atoms with E-state index in [4.69, 9.17) is 28.5 Å². The molecule has 0 aromatic heterocycles. The van der Waals surface area contributed by atoms with Crippen molar-refractivity contribution in [3.8, 4) is 6.07 Å². The topological polar surface area (TPSA) is 35.8 Å². The van der Waals surface area contributed by atoms with E-state index in [1.54, 1.807) is 18.2 Å². The van der Waals surface area contributed by atoms with Gasteiger partial charge in [-0.15, -0.1) is 0 Å². The van der Waals surface area contributed by atoms with E-state index in [1.165, 1.54) is 12.1 Å². The van der Waals surface area contributed by atoms with Crippen LogP contribution in [0.3, 0.4) is 0 Å². The zero-order chi connectivity index (χ0) is 14.7. The minimum atomic E-state index is -0.532. The van der Waals surface area contributed by atoms with Gasteiger partial charge in [0.05, 0.1) is 5.56 Å². The second-order valence-corrected chi connectivity index (χ2v) is 5.18. The third kappa shape index (κ3) is 3.22. The molecule has 0 fully saturated rings. The summed E-state index contributed by atoms with van der Waals surface area (Å²) in [5.41, 5.74) is 1.53. The molecule has 2 aromatic rings. The highest BCUT2D eigenvalue weighted by atomic mass is 35.5. The number of hydrogen-bond donors (Lipinski definition) is 1. The van der Waals surface area contributed by atoms with E-state index in [0.717, 1.165) is 5.56 Å². The molecule has 20 heavy (non-hydrogen) atoms. The highest BCUT2D eigenvalue weighted by Crippen LogP contribution is 2.28. The fourth-order valence-corrected chi connectivity index (χ4v) is 2.45. The number of benzene rings is 2. The molecular weight excluding hydrogens is 298 g/mol. The van der Waals surface area contributed by atoms with E-state index < -0.39 is 5.82 Å². The maximum Gasteiger partial charge on any atom is 0.141 e. The van der Waals surface area contributed by atoms with Gasteiger partial charge in [0.1, 0.15) is 11.9 Å². The number of anilines is 1. The van der Waals surface area contributed by atoms with Crippen molar-refractivity contribution in [3.05, 3.63) is 63.4 Å². The SMILES string of the molecule is CC(Nc1ccc(F)c(C#N)c1)c1ccc(Cl)cc1Cl. The molecule has 2 rings (SSSR count). The van der Waals surface area contributed by atoms with Crippen molar-refractivity contribution in [2.24, 2.45) is 0 Å². The summed E-state index contributed by atoms with van der Waals surface area (Å²) in [6.07, 6.45) is 0. The van der Waals surface area contributed by atoms with Gasteiger partial charge in [0.2, 0.25) is 0 Å². The van der Waals surface area contributed by atoms with Crippen molar-refractivity contribution < 1.29 is 4.39 Å². The first kappa shape index (κ1) is 14.6. The molecule has 0 aliphatic carbocycles. The Bertz CT molecular complexity index is 680. The van der Waals surface area contributed by atoms with E-state index in [2.05, 4.69) is 5.32 Å². The van der Waals surface area contributed by atoms with E-state index in [9.17, 15) is 4.39 Å². The minimum Gasteiger partial charge on any atom is -0.378 e. The first-order valence-corrected chi connectivity index (χ1v) is 6.68. The average molecular weight is 309 g/mol. The lowest BCUT2D eigenvalue weighted by Gasteiger charge is -2.17. The largest absolute Gasteiger partial charge is 0.378 e. The lowest BCUT2D eigenvalue weighted by atomic mass is 10.1. The molecule has 0 bridgehead atoms. The van der Waals surface area contributed by atoms with Gasteiger partial charge in [0, 0.05) is 21.8 Å². The maximum atomic E-state index is 13.3. The Balaban J connectivity index is 2.23. The third-order valence-electron chi connectivity index (χ3n) is 2.90. The molecule has 0 aliphatic heterocycles. The summed E-state index contributed by atoms with van der Waals surface area (Å²) in [6.45, 7) is 1.92. The molecule has 0 saturated heterocycles. The number of nitrogens with one attached hydrogen (secondary N) is 1. The van der Waals surface area contributed by atoms with Gasteiger partial charge in [-0.1, -0.05) is 29.3 Å². The molecule has 1 atom stereocenters. The average Bonchev–Trinajstić information content (AvgIpc) is 2.40. The molecule has 5 heteroatoms. The standard InChI is InChI=1S/C15H11Cl2FN2/c1-9(13-4-2-11(16)7-14(13)17)20-12-3-5-15(18)10(6-12)8-19/h2-7,9,20H,1H3. The highest BCUT2D eigenvalue weighted by Gasteiger charge is 2.11. The minimum absolute atomic E-state index is 0.00408. The molecule has 2 aromatic carbocycles. The predicted molar refractivity (Wildman–Crippen MR) is 79.6 cm³/mol. The van der Waals surface area contributed by atoms with E-state index in [-0.39, 0.29) is 11.6 Å². The van der Waals surface area contributed by atoms with Crippen molar-refractivity contribution in [3.63, 3.8) is 0 Å². The summed E-state index contributed by atoms with van der Waals surface area (Å²) in [7, 11) is 0. The van der Waals surface area contributed by atoms with Crippen LogP contribution in [0, 0.1) is 17.1 Å². The zero-order valence-corrected chi connectivity index (χ0v) is 12.1. The predicted octanol–water partition coefficient (Wildman–Crippen LogP) is 5.18. The maximum absolute atomic E-state index is 13.3. The van der Waals surface area contributed by atoms with E-state index >= 15 is 0 Å². The summed E-state index contributed by atoms with van der Waals surface area (Å²) in [4.78, 5) is 0. The lowest BCUT2D eigenvalue weighted by Crippen LogP contribution is -2.07. The zero-order valence-electron chi connectivity index (χ0n) is 10.6. The van der Waals surface area contributed by atoms with Gasteiger partial charge in [-0.25, -0.2) is 4.39 Å². The van der Waals surface area contributed by atoms with Crippen LogP contribution in [-0.2, 0) is 0 Å². The molecule has 0 radical (unpaired) electrons. The summed E-state index contributed by atoms with van der Waals surface area (Å²) in [6, 6.07) is 11.3. The van der Waals surface area contributed by atoms with E-state index in [0.29, 0.717) is 15.7 Å². The first-order chi connectivity index (χ1) is 9.51. The summed E-state index contributed by atoms with van der Waals surface area (Å²) >= 11 is 12.0. The van der Waals surface area contributed by atoms with E-state index in [1.807, 2.05) is 19.1 Å². The van der Waals surface area contributed by atoms with Crippen molar-refractivity contribution in [1.82, 2.24) is 0 Å². The van der Waals surface area contributed by atoms with Crippen molar-refractivity contribution in [1.29, 1.82) is 5.26 Å². The van der Waals surface area contributed by atoms with Crippen LogP contribution < -0.4 is 5.32 Å². The van der Waals surface area contributed by atoms with Crippen molar-refractivity contribution >= 4 is 28.9 Å². The smallest absolute Gasteiger partial charge is 0.141 e. The van der Waals surface area contributed by atoms with Gasteiger partial charge < -0.3 is 5.32 Å². The number of nitriles is 1. The van der Waals surface area contributed by atoms with Crippen LogP contribution >= 0.6 is 23.2 Å². The van der Waals surface area contributed by atoms with Gasteiger partial charge in [0.25, 0.3) is 0 Å². The third-order valence-corrected chi connectivity index (χ3v) is 3.46. The van der Waals surface area contributed by atoms with Gasteiger partial charge in [-0.2, -0.15) is 5.26 Å². The number of halogens is 3. The highest BCUT2D eigenvalue weighted by molar-refractivity contribution is 6.35. The molecule has 102 valence electrons. The van der Waals surface area contributed by atoms with Crippen LogP contribution in [0.1, 0.15) is 24.1 Å². The summed E-state index contributed by atoms with van der Waals surface area (Å²) in [5.74, 6) is -0.532. The quantitative estimate of drug-likeness (QED) is 0.848. The monoisotopic (exact) mass is 308 g/mol. The Morgan fingerprint density at radius 2 is 1.95 bits per heavy atom. The second-order valence-electron chi connectivity index (χ2n) is 4.34. The number of nitrogens with zero attached hydrogens (tertiary/aromatic N) is 1. The van der Waals surface area contributed by atoms with Gasteiger partial charge in [-0.3, -0.25) is 0 Å². The van der Waals surface area contributed by atoms with Gasteiger partial charge in [0.15, 0.2) is 0 Å². The molecule has 0 aliphatic rings. The molecule has 1 unspecified atom stereocenters. The number of rotatable bonds is 3. The molecular formula is C15H11Cl2FN2. The normalized spacial score (nSPS) is 11.8. The van der Waals surface area contributed by atoms with Crippen LogP contribution in [0.5, 0.6) is 0 Å². The molecule has 0 saturated carbocycles. The van der Waals surface area contributed by atoms with Gasteiger partial charge >= 0.3 is 0 Å². The lowest BCUT2D eigenvalue weighted by molar-refractivity contribution is 0.624. The Labute approximate surface area is 126 Å². The van der Waals surface area contributed by atoms with Crippen LogP contribution in [0.15, 0.2) is 36.4 Å². The molecule has 0 spiro atoms. The summed E-state index contributed by atoms with van der Waals surface area (Å²) in [5, 5.41) is 13.1. The van der Waals surface area contributed by atoms with Crippen molar-refractivity contribution in [2.75, 3.05) is 5.32 Å². The van der Waals surface area contributed by atoms with Crippen LogP contribution in [0.25, 0.3) is 0 Å². The van der Waals surface area contributed by atoms with Crippen LogP contribution in [-0.4, -0.2) is 0 Å². The molecule has 1 N–H and O–H groups in total. The fraction of sp³-hybridized carbons (Fsp3) is 0.133. The van der Waals surface area contributed by atoms with Gasteiger partial charge in [-0.05, 0) is 42.8 Å². The molecule has 2 nitrogen and oxygen atoms in total. The Morgan fingerprint density at radius 1 is 1.20 bits per heavy atom. The Morgan fingerprint density at radius 3 is 2.60 bits per heavy atom. The number of hydrogen-bond acceptors (Lipinski definition) is 2. The van der Waals surface area contributed by atoms with Crippen LogP contribution in [0.2, 0.25) is 10.0 Å². The van der Waals surface area contributed by atoms with Crippen molar-refractivity contribution in [2.45, 2.75) is 13.0 Å².